The molecule has 19 heavy (non-hydrogen) atoms. The van der Waals surface area contributed by atoms with E-state index in [4.69, 9.17) is 5.73 Å². The summed E-state index contributed by atoms with van der Waals surface area (Å²) in [6.07, 6.45) is 0.911. The van der Waals surface area contributed by atoms with E-state index in [9.17, 15) is 0 Å². The van der Waals surface area contributed by atoms with Crippen LogP contribution in [0, 0.1) is 0 Å². The minimum atomic E-state index is 0.198. The molecule has 6 heteroatoms. The number of benzene rings is 1. The fourth-order valence-corrected chi connectivity index (χ4v) is 3.33. The van der Waals surface area contributed by atoms with Crippen LogP contribution in [0.4, 0.5) is 5.13 Å². The molecule has 1 aromatic heterocycles. The van der Waals surface area contributed by atoms with Crippen LogP contribution in [0.15, 0.2) is 33.5 Å². The normalized spacial score (nSPS) is 12.4. The van der Waals surface area contributed by atoms with Crippen molar-refractivity contribution < 1.29 is 0 Å². The predicted octanol–water partition coefficient (Wildman–Crippen LogP) is 2.65. The van der Waals surface area contributed by atoms with E-state index in [1.54, 1.807) is 23.1 Å². The van der Waals surface area contributed by atoms with Crippen LogP contribution in [-0.2, 0) is 6.42 Å². The largest absolute Gasteiger partial charge is 0.353 e. The highest BCUT2D eigenvalue weighted by Gasteiger charge is 2.07. The zero-order chi connectivity index (χ0) is 13.8. The third-order valence-electron chi connectivity index (χ3n) is 2.46. The van der Waals surface area contributed by atoms with E-state index in [2.05, 4.69) is 34.5 Å². The summed E-state index contributed by atoms with van der Waals surface area (Å²) in [7, 11) is 3.94. The average Bonchev–Trinajstić information content (AvgIpc) is 2.80. The Kier molecular flexibility index (Phi) is 4.79. The van der Waals surface area contributed by atoms with Gasteiger partial charge in [-0.1, -0.05) is 35.2 Å². The van der Waals surface area contributed by atoms with E-state index in [0.717, 1.165) is 15.9 Å². The molecule has 0 fully saturated rings. The fraction of sp³-hybridized carbons (Fsp3) is 0.385. The molecule has 0 bridgehead atoms. The number of hydrogen-bond acceptors (Lipinski definition) is 6. The molecule has 2 N–H and O–H groups in total. The van der Waals surface area contributed by atoms with Crippen molar-refractivity contribution in [3.05, 3.63) is 29.8 Å². The summed E-state index contributed by atoms with van der Waals surface area (Å²) in [4.78, 5) is 3.14. The summed E-state index contributed by atoms with van der Waals surface area (Å²) in [6.45, 7) is 2.02. The van der Waals surface area contributed by atoms with Crippen molar-refractivity contribution in [2.45, 2.75) is 28.6 Å². The number of hydrogen-bond donors (Lipinski definition) is 1. The lowest BCUT2D eigenvalue weighted by molar-refractivity contribution is 0.737. The molecule has 0 amide bonds. The first-order valence-corrected chi connectivity index (χ1v) is 7.71. The number of anilines is 1. The van der Waals surface area contributed by atoms with Crippen molar-refractivity contribution >= 4 is 28.2 Å². The molecule has 1 heterocycles. The topological polar surface area (TPSA) is 55.0 Å². The van der Waals surface area contributed by atoms with E-state index in [1.165, 1.54) is 10.5 Å². The second-order valence-electron chi connectivity index (χ2n) is 4.67. The lowest BCUT2D eigenvalue weighted by Crippen LogP contribution is -2.17. The van der Waals surface area contributed by atoms with E-state index in [0.29, 0.717) is 0 Å². The average molecular weight is 294 g/mol. The molecule has 2 aromatic rings. The second-order valence-corrected chi connectivity index (χ2v) is 6.95. The fourth-order valence-electron chi connectivity index (χ4n) is 1.59. The van der Waals surface area contributed by atoms with Crippen molar-refractivity contribution in [1.29, 1.82) is 0 Å². The van der Waals surface area contributed by atoms with Crippen LogP contribution in [0.2, 0.25) is 0 Å². The summed E-state index contributed by atoms with van der Waals surface area (Å²) in [6, 6.07) is 8.67. The molecule has 0 saturated heterocycles. The minimum absolute atomic E-state index is 0.198. The van der Waals surface area contributed by atoms with Gasteiger partial charge in [-0.3, -0.25) is 0 Å². The van der Waals surface area contributed by atoms with Crippen molar-refractivity contribution in [2.24, 2.45) is 5.73 Å². The third kappa shape index (κ3) is 4.19. The molecule has 102 valence electrons. The van der Waals surface area contributed by atoms with Crippen molar-refractivity contribution in [2.75, 3.05) is 19.0 Å². The number of nitrogens with two attached hydrogens (primary N) is 1. The molecule has 0 saturated carbocycles. The Balaban J connectivity index is 2.02. The van der Waals surface area contributed by atoms with Gasteiger partial charge in [0.2, 0.25) is 5.13 Å². The number of aromatic nitrogens is 2. The summed E-state index contributed by atoms with van der Waals surface area (Å²) < 4.78 is 0.962. The van der Waals surface area contributed by atoms with Crippen LogP contribution < -0.4 is 10.6 Å². The predicted molar refractivity (Wildman–Crippen MR) is 82.2 cm³/mol. The van der Waals surface area contributed by atoms with Crippen LogP contribution in [0.3, 0.4) is 0 Å². The van der Waals surface area contributed by atoms with Crippen molar-refractivity contribution in [3.8, 4) is 0 Å². The standard InChI is InChI=1S/C13H18N4S2/c1-9(14)8-10-4-6-11(7-5-10)18-13-16-15-12(19-13)17(2)3/h4-7,9H,8,14H2,1-3H3. The number of rotatable bonds is 5. The molecule has 1 atom stereocenters. The third-order valence-corrected chi connectivity index (χ3v) is 4.61. The van der Waals surface area contributed by atoms with Gasteiger partial charge in [0.1, 0.15) is 0 Å². The molecule has 0 radical (unpaired) electrons. The first-order valence-electron chi connectivity index (χ1n) is 6.08. The zero-order valence-corrected chi connectivity index (χ0v) is 13.0. The zero-order valence-electron chi connectivity index (χ0n) is 11.3. The maximum atomic E-state index is 5.79. The van der Waals surface area contributed by atoms with Gasteiger partial charge in [-0.2, -0.15) is 0 Å². The van der Waals surface area contributed by atoms with Crippen LogP contribution >= 0.6 is 23.1 Å². The Bertz CT molecular complexity index is 520. The second kappa shape index (κ2) is 6.36. The first kappa shape index (κ1) is 14.3. The summed E-state index contributed by atoms with van der Waals surface area (Å²) in [5, 5.41) is 9.23. The maximum Gasteiger partial charge on any atom is 0.208 e. The van der Waals surface area contributed by atoms with Crippen molar-refractivity contribution in [3.63, 3.8) is 0 Å². The Labute approximate surface area is 122 Å². The van der Waals surface area contributed by atoms with Gasteiger partial charge in [0.05, 0.1) is 0 Å². The van der Waals surface area contributed by atoms with E-state index < -0.39 is 0 Å². The molecule has 4 nitrogen and oxygen atoms in total. The SMILES string of the molecule is CC(N)Cc1ccc(Sc2nnc(N(C)C)s2)cc1. The van der Waals surface area contributed by atoms with E-state index in [1.807, 2.05) is 25.9 Å². The first-order chi connectivity index (χ1) is 9.04. The van der Waals surface area contributed by atoms with Crippen LogP contribution in [0.25, 0.3) is 0 Å². The smallest absolute Gasteiger partial charge is 0.208 e. The quantitative estimate of drug-likeness (QED) is 0.918. The van der Waals surface area contributed by atoms with Gasteiger partial charge in [0, 0.05) is 25.0 Å². The molecule has 1 unspecified atom stereocenters. The monoisotopic (exact) mass is 294 g/mol. The molecular formula is C13H18N4S2. The van der Waals surface area contributed by atoms with Gasteiger partial charge in [0.25, 0.3) is 0 Å². The Morgan fingerprint density at radius 2 is 1.95 bits per heavy atom. The molecular weight excluding hydrogens is 276 g/mol. The molecule has 0 aliphatic rings. The molecule has 2 rings (SSSR count). The highest BCUT2D eigenvalue weighted by molar-refractivity contribution is 8.01. The highest BCUT2D eigenvalue weighted by Crippen LogP contribution is 2.32. The molecule has 0 spiro atoms. The maximum absolute atomic E-state index is 5.79. The Morgan fingerprint density at radius 3 is 2.47 bits per heavy atom. The lowest BCUT2D eigenvalue weighted by Gasteiger charge is -2.05. The van der Waals surface area contributed by atoms with Crippen LogP contribution in [0.5, 0.6) is 0 Å². The van der Waals surface area contributed by atoms with Gasteiger partial charge >= 0.3 is 0 Å². The van der Waals surface area contributed by atoms with E-state index >= 15 is 0 Å². The van der Waals surface area contributed by atoms with Crippen molar-refractivity contribution in [1.82, 2.24) is 10.2 Å². The van der Waals surface area contributed by atoms with E-state index in [-0.39, 0.29) is 6.04 Å². The Morgan fingerprint density at radius 1 is 1.26 bits per heavy atom. The van der Waals surface area contributed by atoms with Gasteiger partial charge in [0.15, 0.2) is 4.34 Å². The summed E-state index contributed by atoms with van der Waals surface area (Å²) >= 11 is 3.24. The highest BCUT2D eigenvalue weighted by atomic mass is 32.2. The van der Waals surface area contributed by atoms with Gasteiger partial charge in [-0.25, -0.2) is 0 Å². The van der Waals surface area contributed by atoms with Crippen LogP contribution in [-0.4, -0.2) is 30.3 Å². The summed E-state index contributed by atoms with van der Waals surface area (Å²) in [5.41, 5.74) is 7.06. The molecule has 0 aliphatic heterocycles. The van der Waals surface area contributed by atoms with Gasteiger partial charge < -0.3 is 10.6 Å². The molecule has 0 aliphatic carbocycles. The Hall–Kier alpha value is -1.11. The summed E-state index contributed by atoms with van der Waals surface area (Å²) in [5.74, 6) is 0. The molecule has 1 aromatic carbocycles. The lowest BCUT2D eigenvalue weighted by atomic mass is 10.1. The van der Waals surface area contributed by atoms with Gasteiger partial charge in [-0.15, -0.1) is 10.2 Å². The van der Waals surface area contributed by atoms with Crippen LogP contribution in [0.1, 0.15) is 12.5 Å². The minimum Gasteiger partial charge on any atom is -0.353 e. The van der Waals surface area contributed by atoms with Gasteiger partial charge in [-0.05, 0) is 31.0 Å². The number of nitrogens with zero attached hydrogens (tertiary/aromatic N) is 3.